The lowest BCUT2D eigenvalue weighted by Crippen LogP contribution is -2.12. The lowest BCUT2D eigenvalue weighted by molar-refractivity contribution is 0.759. The van der Waals surface area contributed by atoms with Crippen LogP contribution in [0.1, 0.15) is 11.6 Å². The average Bonchev–Trinajstić information content (AvgIpc) is 3.62. The maximum absolute atomic E-state index is 4.40. The molecule has 0 aliphatic heterocycles. The highest BCUT2D eigenvalue weighted by Gasteiger charge is 2.27. The van der Waals surface area contributed by atoms with Crippen LogP contribution in [0.2, 0.25) is 0 Å². The van der Waals surface area contributed by atoms with Gasteiger partial charge in [-0.3, -0.25) is 0 Å². The molecule has 0 radical (unpaired) electrons. The molecular weight excluding hydrogens is 699 g/mol. The van der Waals surface area contributed by atoms with Crippen molar-refractivity contribution in [1.29, 1.82) is 0 Å². The molecule has 1 unspecified atom stereocenters. The predicted octanol–water partition coefficient (Wildman–Crippen LogP) is 15.1. The van der Waals surface area contributed by atoms with Crippen LogP contribution in [0.4, 0.5) is 0 Å². The molecule has 11 aromatic rings. The molecule has 0 saturated carbocycles. The molecule has 0 fully saturated rings. The Bertz CT molecular complexity index is 3670. The van der Waals surface area contributed by atoms with Crippen LogP contribution in [0.25, 0.3) is 103 Å². The lowest BCUT2D eigenvalue weighted by Gasteiger charge is -2.24. The molecule has 1 aliphatic carbocycles. The van der Waals surface area contributed by atoms with Crippen molar-refractivity contribution in [3.63, 3.8) is 0 Å². The van der Waals surface area contributed by atoms with Gasteiger partial charge in [0.25, 0.3) is 0 Å². The predicted molar refractivity (Wildman–Crippen MR) is 249 cm³/mol. The zero-order valence-electron chi connectivity index (χ0n) is 31.7. The Labute approximate surface area is 336 Å². The maximum Gasteiger partial charge on any atom is 0.0869 e. The van der Waals surface area contributed by atoms with Crippen LogP contribution in [0.15, 0.2) is 206 Å². The van der Waals surface area contributed by atoms with Crippen molar-refractivity contribution >= 4 is 92.0 Å². The maximum atomic E-state index is 4.40. The van der Waals surface area contributed by atoms with Crippen molar-refractivity contribution in [2.45, 2.75) is 6.04 Å². The Kier molecular flexibility index (Phi) is 7.12. The highest BCUT2D eigenvalue weighted by Crippen LogP contribution is 2.48. The van der Waals surface area contributed by atoms with Crippen LogP contribution < -0.4 is 0 Å². The van der Waals surface area contributed by atoms with Gasteiger partial charge in [0.15, 0.2) is 0 Å². The minimum Gasteiger partial charge on any atom is -0.328 e. The zero-order valence-corrected chi connectivity index (χ0v) is 31.7. The number of fused-ring (bicyclic) bond motifs is 13. The molecule has 0 saturated heterocycles. The summed E-state index contributed by atoms with van der Waals surface area (Å²) in [7, 11) is 0. The summed E-state index contributed by atoms with van der Waals surface area (Å²) in [6.45, 7) is 4.40. The van der Waals surface area contributed by atoms with Gasteiger partial charge in [0.1, 0.15) is 0 Å². The number of hydrogen-bond acceptors (Lipinski definition) is 0. The first-order chi connectivity index (χ1) is 28.7. The first-order valence-electron chi connectivity index (χ1n) is 20.0. The van der Waals surface area contributed by atoms with Crippen LogP contribution in [0, 0.1) is 11.8 Å². The fraction of sp³-hybridized carbons (Fsp3) is 0.0175. The normalized spacial score (nSPS) is 14.9. The molecular formula is C57H35N. The summed E-state index contributed by atoms with van der Waals surface area (Å²) in [5, 5.41) is 17.5. The first kappa shape index (κ1) is 32.6. The summed E-state index contributed by atoms with van der Waals surface area (Å²) in [4.78, 5) is 0. The summed E-state index contributed by atoms with van der Waals surface area (Å²) in [6, 6.07) is 64.6. The lowest BCUT2D eigenvalue weighted by atomic mass is 9.89. The third-order valence-electron chi connectivity index (χ3n) is 12.4. The molecule has 0 N–H and O–H groups in total. The summed E-state index contributed by atoms with van der Waals surface area (Å²) in [6.07, 6.45) is 6.31. The first-order valence-corrected chi connectivity index (χ1v) is 20.0. The van der Waals surface area contributed by atoms with E-state index in [0.717, 1.165) is 16.7 Å². The van der Waals surface area contributed by atoms with Gasteiger partial charge < -0.3 is 4.57 Å². The van der Waals surface area contributed by atoms with E-state index in [0.29, 0.717) is 0 Å². The van der Waals surface area contributed by atoms with Gasteiger partial charge in [-0.1, -0.05) is 176 Å². The van der Waals surface area contributed by atoms with E-state index in [-0.39, 0.29) is 6.04 Å². The number of benzene rings is 10. The zero-order chi connectivity index (χ0) is 38.3. The molecule has 1 atom stereocenters. The highest BCUT2D eigenvalue weighted by molar-refractivity contribution is 6.29. The third kappa shape index (κ3) is 4.73. The van der Waals surface area contributed by atoms with Gasteiger partial charge in [0.05, 0.1) is 17.1 Å². The number of aromatic nitrogens is 1. The van der Waals surface area contributed by atoms with Crippen LogP contribution in [0.3, 0.4) is 0 Å². The van der Waals surface area contributed by atoms with Crippen molar-refractivity contribution in [3.8, 4) is 23.0 Å². The van der Waals surface area contributed by atoms with Gasteiger partial charge in [-0.2, -0.15) is 0 Å². The molecule has 58 heavy (non-hydrogen) atoms. The van der Waals surface area contributed by atoms with Crippen molar-refractivity contribution in [1.82, 2.24) is 4.57 Å². The van der Waals surface area contributed by atoms with Crippen molar-refractivity contribution < 1.29 is 0 Å². The van der Waals surface area contributed by atoms with Crippen LogP contribution in [-0.2, 0) is 0 Å². The van der Waals surface area contributed by atoms with Gasteiger partial charge in [0, 0.05) is 21.9 Å². The van der Waals surface area contributed by atoms with E-state index in [2.05, 4.69) is 205 Å². The molecule has 10 aromatic carbocycles. The van der Waals surface area contributed by atoms with Crippen LogP contribution in [0.5, 0.6) is 0 Å². The molecule has 0 spiro atoms. The van der Waals surface area contributed by atoms with Crippen LogP contribution >= 0.6 is 0 Å². The average molecular weight is 734 g/mol. The number of allylic oxidation sites excluding steroid dienone is 5. The quantitative estimate of drug-likeness (QED) is 0.125. The Hall–Kier alpha value is -7.66. The number of rotatable bonds is 4. The van der Waals surface area contributed by atoms with Crippen molar-refractivity contribution in [2.75, 3.05) is 0 Å². The van der Waals surface area contributed by atoms with Gasteiger partial charge in [0.2, 0.25) is 0 Å². The summed E-state index contributed by atoms with van der Waals surface area (Å²) in [5.74, 6) is 6.98. The molecule has 1 nitrogen and oxygen atoms in total. The van der Waals surface area contributed by atoms with E-state index in [1.807, 2.05) is 12.2 Å². The standard InChI is InChI=1S/C57H35N/c1-2-42(40-28-27-36-15-3-4-17-38(36)33-40)50-25-13-14-26-53(50)58-54-32-30-37-16-5-7-19-43(37)56(54)52-34-39-18-6-8-20-44(39)55(57(52)58)41-29-31-49-47-23-10-9-21-45(47)46-22-11-12-24-48(46)51(49)35-41/h2-12,14-24,26-35,53H,1H2/b50-42+. The molecule has 268 valence electrons. The largest absolute Gasteiger partial charge is 0.328 e. The third-order valence-corrected chi connectivity index (χ3v) is 12.4. The van der Waals surface area contributed by atoms with E-state index >= 15 is 0 Å². The minimum absolute atomic E-state index is 0.188. The second-order valence-electron chi connectivity index (χ2n) is 15.4. The van der Waals surface area contributed by atoms with Gasteiger partial charge in [-0.05, 0) is 118 Å². The second-order valence-corrected chi connectivity index (χ2v) is 15.4. The fourth-order valence-corrected chi connectivity index (χ4v) is 9.90. The molecule has 1 aromatic heterocycles. The number of hydrogen-bond donors (Lipinski definition) is 0. The van der Waals surface area contributed by atoms with Gasteiger partial charge >= 0.3 is 0 Å². The van der Waals surface area contributed by atoms with E-state index in [4.69, 9.17) is 0 Å². The van der Waals surface area contributed by atoms with E-state index in [1.165, 1.54) is 97.6 Å². The van der Waals surface area contributed by atoms with Crippen molar-refractivity contribution in [3.05, 3.63) is 212 Å². The molecule has 1 heteroatoms. The molecule has 12 rings (SSSR count). The Balaban J connectivity index is 1.24. The Morgan fingerprint density at radius 3 is 1.84 bits per heavy atom. The molecule has 0 amide bonds. The van der Waals surface area contributed by atoms with Crippen molar-refractivity contribution in [2.24, 2.45) is 0 Å². The van der Waals surface area contributed by atoms with Crippen LogP contribution in [-0.4, -0.2) is 4.57 Å². The minimum atomic E-state index is -0.188. The molecule has 1 aliphatic rings. The monoisotopic (exact) mass is 733 g/mol. The summed E-state index contributed by atoms with van der Waals surface area (Å²) in [5.41, 5.74) is 8.00. The van der Waals surface area contributed by atoms with Gasteiger partial charge in [-0.15, -0.1) is 0 Å². The van der Waals surface area contributed by atoms with E-state index in [1.54, 1.807) is 0 Å². The fourth-order valence-electron chi connectivity index (χ4n) is 9.90. The highest BCUT2D eigenvalue weighted by atomic mass is 15.0. The topological polar surface area (TPSA) is 4.93 Å². The molecule has 0 bridgehead atoms. The molecule has 1 heterocycles. The second kappa shape index (κ2) is 12.7. The SMILES string of the molecule is C=C/C(=C1/C#CC=CC1n1c2ccc3ccccc3c2c2cc3ccccc3c(-c3ccc4c5ccccc5c5ccccc5c4c3)c21)c1ccc2ccccc2c1. The smallest absolute Gasteiger partial charge is 0.0869 e. The Morgan fingerprint density at radius 1 is 0.500 bits per heavy atom. The van der Waals surface area contributed by atoms with Gasteiger partial charge in [-0.25, -0.2) is 0 Å². The summed E-state index contributed by atoms with van der Waals surface area (Å²) < 4.78 is 2.58. The Morgan fingerprint density at radius 2 is 1.10 bits per heavy atom. The summed E-state index contributed by atoms with van der Waals surface area (Å²) >= 11 is 0. The van der Waals surface area contributed by atoms with E-state index < -0.39 is 0 Å². The van der Waals surface area contributed by atoms with E-state index in [9.17, 15) is 0 Å². The number of nitrogens with zero attached hydrogens (tertiary/aromatic N) is 1.